The Bertz CT molecular complexity index is 959. The summed E-state index contributed by atoms with van der Waals surface area (Å²) < 4.78 is 0. The summed E-state index contributed by atoms with van der Waals surface area (Å²) in [5.74, 6) is 1.02. The van der Waals surface area contributed by atoms with Crippen molar-refractivity contribution in [1.82, 2.24) is 0 Å². The average Bonchev–Trinajstić information content (AvgIpc) is 2.83. The van der Waals surface area contributed by atoms with Crippen molar-refractivity contribution in [2.24, 2.45) is 5.92 Å². The van der Waals surface area contributed by atoms with Gasteiger partial charge in [0, 0.05) is 5.92 Å². The van der Waals surface area contributed by atoms with Gasteiger partial charge in [0.25, 0.3) is 0 Å². The molecule has 0 amide bonds. The van der Waals surface area contributed by atoms with Crippen molar-refractivity contribution >= 4 is 16.8 Å². The zero-order valence-corrected chi connectivity index (χ0v) is 13.6. The molecular formula is C23H20. The summed E-state index contributed by atoms with van der Waals surface area (Å²) in [5, 5.41) is 2.78. The van der Waals surface area contributed by atoms with E-state index >= 15 is 0 Å². The van der Waals surface area contributed by atoms with Crippen LogP contribution in [0.25, 0.3) is 16.8 Å². The Hall–Kier alpha value is -2.34. The van der Waals surface area contributed by atoms with E-state index in [1.807, 2.05) is 0 Å². The molecular weight excluding hydrogens is 276 g/mol. The minimum absolute atomic E-state index is 0.175. The molecule has 0 nitrogen and oxygen atoms in total. The van der Waals surface area contributed by atoms with Gasteiger partial charge in [0.1, 0.15) is 0 Å². The molecule has 0 radical (unpaired) electrons. The maximum atomic E-state index is 2.45. The Labute approximate surface area is 137 Å². The maximum absolute atomic E-state index is 2.45. The monoisotopic (exact) mass is 296 g/mol. The van der Waals surface area contributed by atoms with Crippen LogP contribution in [0, 0.1) is 5.92 Å². The smallest absolute Gasteiger partial charge is 0.0176 e. The van der Waals surface area contributed by atoms with E-state index in [1.54, 1.807) is 5.56 Å². The molecule has 2 atom stereocenters. The van der Waals surface area contributed by atoms with Gasteiger partial charge in [-0.2, -0.15) is 0 Å². The molecule has 2 aliphatic carbocycles. The second-order valence-electron chi connectivity index (χ2n) is 7.46. The first-order chi connectivity index (χ1) is 11.2. The Balaban J connectivity index is 1.90. The van der Waals surface area contributed by atoms with E-state index < -0.39 is 0 Å². The number of rotatable bonds is 0. The van der Waals surface area contributed by atoms with Gasteiger partial charge >= 0.3 is 0 Å². The summed E-state index contributed by atoms with van der Waals surface area (Å²) in [4.78, 5) is 0. The highest BCUT2D eigenvalue weighted by molar-refractivity contribution is 5.90. The standard InChI is InChI=1S/C23H20/c1-23(2)19-13-11-15-7-3-5-9-17(15)21(19)22-18-10-6-4-8-16(18)12-14-20(22)23/h3-14,19,21H,1-2H3. The maximum Gasteiger partial charge on any atom is 0.0176 e. The van der Waals surface area contributed by atoms with E-state index in [9.17, 15) is 0 Å². The van der Waals surface area contributed by atoms with E-state index in [0.29, 0.717) is 11.8 Å². The van der Waals surface area contributed by atoms with Crippen LogP contribution in [0.2, 0.25) is 0 Å². The molecule has 0 aliphatic heterocycles. The largest absolute Gasteiger partial charge is 0.0790 e. The Morgan fingerprint density at radius 2 is 1.61 bits per heavy atom. The van der Waals surface area contributed by atoms with E-state index in [2.05, 4.69) is 86.7 Å². The lowest BCUT2D eigenvalue weighted by Gasteiger charge is -2.32. The molecule has 0 bridgehead atoms. The summed E-state index contributed by atoms with van der Waals surface area (Å²) >= 11 is 0. The van der Waals surface area contributed by atoms with E-state index in [0.717, 1.165) is 0 Å². The van der Waals surface area contributed by atoms with Gasteiger partial charge in [0.05, 0.1) is 0 Å². The Morgan fingerprint density at radius 3 is 2.52 bits per heavy atom. The average molecular weight is 296 g/mol. The van der Waals surface area contributed by atoms with Gasteiger partial charge in [-0.1, -0.05) is 86.7 Å². The highest BCUT2D eigenvalue weighted by Crippen LogP contribution is 2.57. The van der Waals surface area contributed by atoms with Crippen LogP contribution in [-0.4, -0.2) is 0 Å². The molecule has 112 valence electrons. The van der Waals surface area contributed by atoms with Crippen molar-refractivity contribution < 1.29 is 0 Å². The van der Waals surface area contributed by atoms with Crippen LogP contribution in [0.15, 0.2) is 66.7 Å². The van der Waals surface area contributed by atoms with Crippen LogP contribution < -0.4 is 0 Å². The second-order valence-corrected chi connectivity index (χ2v) is 7.46. The summed E-state index contributed by atoms with van der Waals surface area (Å²) in [7, 11) is 0. The third kappa shape index (κ3) is 1.61. The third-order valence-corrected chi connectivity index (χ3v) is 5.98. The second kappa shape index (κ2) is 4.35. The first kappa shape index (κ1) is 13.1. The van der Waals surface area contributed by atoms with Crippen LogP contribution in [-0.2, 0) is 5.41 Å². The van der Waals surface area contributed by atoms with E-state index in [-0.39, 0.29) is 5.41 Å². The summed E-state index contributed by atoms with van der Waals surface area (Å²) in [6.45, 7) is 4.81. The van der Waals surface area contributed by atoms with Crippen molar-refractivity contribution in [3.8, 4) is 0 Å². The summed E-state index contributed by atoms with van der Waals surface area (Å²) in [5.41, 5.74) is 6.12. The highest BCUT2D eigenvalue weighted by atomic mass is 14.5. The highest BCUT2D eigenvalue weighted by Gasteiger charge is 2.47. The Kier molecular flexibility index (Phi) is 2.48. The molecule has 0 N–H and O–H groups in total. The molecule has 0 heteroatoms. The lowest BCUT2D eigenvalue weighted by molar-refractivity contribution is 0.391. The number of benzene rings is 3. The number of fused-ring (bicyclic) bond motifs is 7. The minimum Gasteiger partial charge on any atom is -0.0790 e. The third-order valence-electron chi connectivity index (χ3n) is 5.98. The molecule has 5 rings (SSSR count). The summed E-state index contributed by atoms with van der Waals surface area (Å²) in [6, 6.07) is 22.4. The quantitative estimate of drug-likeness (QED) is 0.484. The van der Waals surface area contributed by atoms with Crippen molar-refractivity contribution in [2.45, 2.75) is 25.2 Å². The zero-order chi connectivity index (χ0) is 15.6. The molecule has 0 spiro atoms. The van der Waals surface area contributed by atoms with Gasteiger partial charge in [-0.25, -0.2) is 0 Å². The fourth-order valence-corrected chi connectivity index (χ4v) is 4.82. The van der Waals surface area contributed by atoms with E-state index in [4.69, 9.17) is 0 Å². The number of hydrogen-bond acceptors (Lipinski definition) is 0. The van der Waals surface area contributed by atoms with Crippen molar-refractivity contribution in [3.05, 3.63) is 89.0 Å². The Morgan fingerprint density at radius 1 is 0.826 bits per heavy atom. The van der Waals surface area contributed by atoms with Crippen LogP contribution in [0.1, 0.15) is 42.0 Å². The molecule has 2 aliphatic rings. The fourth-order valence-electron chi connectivity index (χ4n) is 4.82. The van der Waals surface area contributed by atoms with E-state index in [1.165, 1.54) is 27.5 Å². The topological polar surface area (TPSA) is 0 Å². The molecule has 0 fully saturated rings. The van der Waals surface area contributed by atoms with Crippen LogP contribution in [0.5, 0.6) is 0 Å². The van der Waals surface area contributed by atoms with Gasteiger partial charge in [-0.3, -0.25) is 0 Å². The molecule has 23 heavy (non-hydrogen) atoms. The lowest BCUT2D eigenvalue weighted by Crippen LogP contribution is -2.26. The van der Waals surface area contributed by atoms with Crippen LogP contribution in [0.4, 0.5) is 0 Å². The van der Waals surface area contributed by atoms with Crippen LogP contribution >= 0.6 is 0 Å². The first-order valence-electron chi connectivity index (χ1n) is 8.47. The SMILES string of the molecule is CC1(C)c2ccc3ccccc3c2C2c3ccccc3C=CC21. The molecule has 0 saturated heterocycles. The van der Waals surface area contributed by atoms with Crippen molar-refractivity contribution in [1.29, 1.82) is 0 Å². The lowest BCUT2D eigenvalue weighted by atomic mass is 9.71. The zero-order valence-electron chi connectivity index (χ0n) is 13.6. The van der Waals surface area contributed by atoms with Crippen molar-refractivity contribution in [3.63, 3.8) is 0 Å². The van der Waals surface area contributed by atoms with Gasteiger partial charge in [-0.15, -0.1) is 0 Å². The molecule has 2 unspecified atom stereocenters. The normalized spacial score (nSPS) is 23.4. The predicted octanol–water partition coefficient (Wildman–Crippen LogP) is 5.91. The van der Waals surface area contributed by atoms with Gasteiger partial charge in [0.2, 0.25) is 0 Å². The first-order valence-corrected chi connectivity index (χ1v) is 8.47. The summed E-state index contributed by atoms with van der Waals surface area (Å²) in [6.07, 6.45) is 4.77. The number of hydrogen-bond donors (Lipinski definition) is 0. The number of allylic oxidation sites excluding steroid dienone is 1. The molecule has 3 aromatic rings. The van der Waals surface area contributed by atoms with Gasteiger partial charge < -0.3 is 0 Å². The van der Waals surface area contributed by atoms with Gasteiger partial charge in [-0.05, 0) is 44.4 Å². The molecule has 0 saturated carbocycles. The fraction of sp³-hybridized carbons (Fsp3) is 0.217. The molecule has 3 aromatic carbocycles. The van der Waals surface area contributed by atoms with Crippen LogP contribution in [0.3, 0.4) is 0 Å². The molecule has 0 heterocycles. The predicted molar refractivity (Wildman–Crippen MR) is 97.8 cm³/mol. The van der Waals surface area contributed by atoms with Crippen molar-refractivity contribution in [2.75, 3.05) is 0 Å². The van der Waals surface area contributed by atoms with Gasteiger partial charge in [0.15, 0.2) is 0 Å². The molecule has 0 aromatic heterocycles. The minimum atomic E-state index is 0.175.